The van der Waals surface area contributed by atoms with Crippen LogP contribution in [-0.4, -0.2) is 21.7 Å². The average Bonchev–Trinajstić information content (AvgIpc) is 2.93. The first kappa shape index (κ1) is 16.0. The number of hydrogen-bond acceptors (Lipinski definition) is 3. The fraction of sp³-hybridized carbons (Fsp3) is 0.444. The van der Waals surface area contributed by atoms with E-state index in [9.17, 15) is 4.79 Å². The molecule has 0 bridgehead atoms. The van der Waals surface area contributed by atoms with Crippen LogP contribution < -0.4 is 5.32 Å². The number of halogens is 1. The van der Waals surface area contributed by atoms with E-state index in [4.69, 9.17) is 11.6 Å². The van der Waals surface area contributed by atoms with E-state index in [-0.39, 0.29) is 5.91 Å². The molecule has 6 heteroatoms. The Kier molecular flexibility index (Phi) is 4.31. The molecule has 1 aromatic carbocycles. The van der Waals surface area contributed by atoms with E-state index in [2.05, 4.69) is 10.4 Å². The summed E-state index contributed by atoms with van der Waals surface area (Å²) >= 11 is 7.91. The minimum absolute atomic E-state index is 0.0372. The van der Waals surface area contributed by atoms with E-state index in [0.717, 1.165) is 35.4 Å². The fourth-order valence-corrected chi connectivity index (χ4v) is 4.91. The summed E-state index contributed by atoms with van der Waals surface area (Å²) < 4.78 is 1.82. The molecule has 4 nitrogen and oxygen atoms in total. The minimum atomic E-state index is -0.0372. The highest BCUT2D eigenvalue weighted by molar-refractivity contribution is 7.98. The first-order chi connectivity index (χ1) is 11.6. The second-order valence-electron chi connectivity index (χ2n) is 6.54. The lowest BCUT2D eigenvalue weighted by atomic mass is 9.95. The summed E-state index contributed by atoms with van der Waals surface area (Å²) in [4.78, 5) is 13.9. The monoisotopic (exact) mass is 361 g/mol. The van der Waals surface area contributed by atoms with Crippen LogP contribution in [0.3, 0.4) is 0 Å². The maximum atomic E-state index is 12.8. The van der Waals surface area contributed by atoms with Crippen LogP contribution in [0.4, 0.5) is 0 Å². The van der Waals surface area contributed by atoms with Crippen molar-refractivity contribution in [3.05, 3.63) is 34.5 Å². The van der Waals surface area contributed by atoms with Gasteiger partial charge in [0.25, 0.3) is 5.91 Å². The van der Waals surface area contributed by atoms with Crippen molar-refractivity contribution in [1.29, 1.82) is 0 Å². The summed E-state index contributed by atoms with van der Waals surface area (Å²) in [7, 11) is 1.90. The second kappa shape index (κ2) is 6.45. The molecule has 1 aliphatic carbocycles. The number of amides is 1. The lowest BCUT2D eigenvalue weighted by Gasteiger charge is -2.22. The number of benzene rings is 1. The van der Waals surface area contributed by atoms with Gasteiger partial charge in [0.05, 0.1) is 5.69 Å². The van der Waals surface area contributed by atoms with Crippen molar-refractivity contribution >= 4 is 29.3 Å². The van der Waals surface area contributed by atoms with Crippen LogP contribution in [0.5, 0.6) is 0 Å². The van der Waals surface area contributed by atoms with E-state index in [0.29, 0.717) is 16.8 Å². The first-order valence-electron chi connectivity index (χ1n) is 8.43. The Hall–Kier alpha value is -1.46. The average molecular weight is 362 g/mol. The molecule has 0 unspecified atom stereocenters. The molecule has 24 heavy (non-hydrogen) atoms. The lowest BCUT2D eigenvalue weighted by molar-refractivity contribution is 0.0921. The molecule has 0 atom stereocenters. The van der Waals surface area contributed by atoms with E-state index < -0.39 is 0 Å². The normalized spacial score (nSPS) is 17.2. The van der Waals surface area contributed by atoms with Gasteiger partial charge in [-0.25, -0.2) is 0 Å². The standard InChI is InChI=1S/C18H20ClN3OS/c1-22-17-13-9-11(19)7-8-15(13)24-10-14(17)16(21-22)18(23)20-12-5-3-2-4-6-12/h7-9,12H,2-6,10H2,1H3,(H,20,23). The van der Waals surface area contributed by atoms with Crippen molar-refractivity contribution in [2.75, 3.05) is 0 Å². The van der Waals surface area contributed by atoms with E-state index in [1.54, 1.807) is 11.8 Å². The Morgan fingerprint density at radius 3 is 2.92 bits per heavy atom. The summed E-state index contributed by atoms with van der Waals surface area (Å²) in [5.41, 5.74) is 3.67. The highest BCUT2D eigenvalue weighted by Crippen LogP contribution is 2.43. The molecule has 126 valence electrons. The maximum Gasteiger partial charge on any atom is 0.272 e. The zero-order chi connectivity index (χ0) is 16.7. The third-order valence-corrected chi connectivity index (χ3v) is 6.20. The topological polar surface area (TPSA) is 46.9 Å². The van der Waals surface area contributed by atoms with Gasteiger partial charge >= 0.3 is 0 Å². The molecule has 2 aliphatic rings. The highest BCUT2D eigenvalue weighted by atomic mass is 35.5. The smallest absolute Gasteiger partial charge is 0.272 e. The van der Waals surface area contributed by atoms with E-state index >= 15 is 0 Å². The molecular weight excluding hydrogens is 342 g/mol. The number of rotatable bonds is 2. The zero-order valence-electron chi connectivity index (χ0n) is 13.6. The summed E-state index contributed by atoms with van der Waals surface area (Å²) in [6.07, 6.45) is 5.83. The number of nitrogens with one attached hydrogen (secondary N) is 1. The largest absolute Gasteiger partial charge is 0.348 e. The van der Waals surface area contributed by atoms with E-state index in [1.807, 2.05) is 29.9 Å². The third kappa shape index (κ3) is 2.84. The number of aromatic nitrogens is 2. The van der Waals surface area contributed by atoms with Crippen LogP contribution in [0.2, 0.25) is 5.02 Å². The van der Waals surface area contributed by atoms with Gasteiger partial charge in [0.1, 0.15) is 0 Å². The molecular formula is C18H20ClN3OS. The van der Waals surface area contributed by atoms with Crippen LogP contribution in [0.15, 0.2) is 23.1 Å². The van der Waals surface area contributed by atoms with Gasteiger partial charge in [0.15, 0.2) is 5.69 Å². The van der Waals surface area contributed by atoms with Gasteiger partial charge in [-0.05, 0) is 31.0 Å². The summed E-state index contributed by atoms with van der Waals surface area (Å²) in [6.45, 7) is 0. The molecule has 0 saturated heterocycles. The van der Waals surface area contributed by atoms with E-state index in [1.165, 1.54) is 24.2 Å². The number of carbonyl (C=O) groups is 1. The van der Waals surface area contributed by atoms with Gasteiger partial charge in [-0.3, -0.25) is 9.48 Å². The Labute approximate surface area is 151 Å². The van der Waals surface area contributed by atoms with Crippen LogP contribution in [-0.2, 0) is 12.8 Å². The molecule has 2 aromatic rings. The number of hydrogen-bond donors (Lipinski definition) is 1. The van der Waals surface area contributed by atoms with Gasteiger partial charge in [-0.15, -0.1) is 11.8 Å². The zero-order valence-corrected chi connectivity index (χ0v) is 15.2. The Bertz CT molecular complexity index is 796. The van der Waals surface area contributed by atoms with Gasteiger partial charge in [0.2, 0.25) is 0 Å². The molecule has 0 spiro atoms. The van der Waals surface area contributed by atoms with Crippen molar-refractivity contribution in [3.63, 3.8) is 0 Å². The van der Waals surface area contributed by atoms with Crippen LogP contribution in [0, 0.1) is 0 Å². The molecule has 1 fully saturated rings. The highest BCUT2D eigenvalue weighted by Gasteiger charge is 2.29. The summed E-state index contributed by atoms with van der Waals surface area (Å²) in [6, 6.07) is 6.21. The molecule has 1 amide bonds. The number of aryl methyl sites for hydroxylation is 1. The molecule has 4 rings (SSSR count). The summed E-state index contributed by atoms with van der Waals surface area (Å²) in [5, 5.41) is 8.42. The van der Waals surface area contributed by atoms with Crippen LogP contribution in [0.1, 0.15) is 48.2 Å². The van der Waals surface area contributed by atoms with Crippen molar-refractivity contribution in [2.45, 2.75) is 48.8 Å². The van der Waals surface area contributed by atoms with Gasteiger partial charge in [-0.1, -0.05) is 30.9 Å². The van der Waals surface area contributed by atoms with Crippen molar-refractivity contribution in [1.82, 2.24) is 15.1 Å². The Balaban J connectivity index is 1.67. The van der Waals surface area contributed by atoms with Gasteiger partial charge in [-0.2, -0.15) is 5.10 Å². The van der Waals surface area contributed by atoms with Crippen molar-refractivity contribution in [2.24, 2.45) is 7.05 Å². The van der Waals surface area contributed by atoms with Crippen LogP contribution >= 0.6 is 23.4 Å². The Morgan fingerprint density at radius 1 is 1.33 bits per heavy atom. The van der Waals surface area contributed by atoms with Gasteiger partial charge in [0, 0.05) is 39.9 Å². The minimum Gasteiger partial charge on any atom is -0.348 e. The second-order valence-corrected chi connectivity index (χ2v) is 7.99. The van der Waals surface area contributed by atoms with Crippen molar-refractivity contribution in [3.8, 4) is 11.3 Å². The molecule has 1 aliphatic heterocycles. The quantitative estimate of drug-likeness (QED) is 0.861. The SMILES string of the molecule is Cn1nc(C(=O)NC2CCCCC2)c2c1-c1cc(Cl)ccc1SC2. The summed E-state index contributed by atoms with van der Waals surface area (Å²) in [5.74, 6) is 0.732. The molecule has 2 heterocycles. The molecule has 1 aromatic heterocycles. The number of thioether (sulfide) groups is 1. The number of fused-ring (bicyclic) bond motifs is 3. The molecule has 1 saturated carbocycles. The predicted molar refractivity (Wildman–Crippen MR) is 97.6 cm³/mol. The lowest BCUT2D eigenvalue weighted by Crippen LogP contribution is -2.36. The fourth-order valence-electron chi connectivity index (χ4n) is 3.69. The molecule has 1 N–H and O–H groups in total. The number of carbonyl (C=O) groups excluding carboxylic acids is 1. The Morgan fingerprint density at radius 2 is 2.12 bits per heavy atom. The first-order valence-corrected chi connectivity index (χ1v) is 9.79. The third-order valence-electron chi connectivity index (χ3n) is 4.87. The maximum absolute atomic E-state index is 12.8. The molecule has 0 radical (unpaired) electrons. The van der Waals surface area contributed by atoms with Crippen LogP contribution in [0.25, 0.3) is 11.3 Å². The van der Waals surface area contributed by atoms with Gasteiger partial charge < -0.3 is 5.32 Å². The van der Waals surface area contributed by atoms with Crippen molar-refractivity contribution < 1.29 is 4.79 Å². The predicted octanol–water partition coefficient (Wildman–Crippen LogP) is 4.41. The number of nitrogens with zero attached hydrogens (tertiary/aromatic N) is 2.